The molecule has 98 valence electrons. The number of halogens is 1. The van der Waals surface area contributed by atoms with Gasteiger partial charge in [-0.1, -0.05) is 24.3 Å². The molecule has 0 aliphatic carbocycles. The monoisotopic (exact) mass is 372 g/mol. The summed E-state index contributed by atoms with van der Waals surface area (Å²) in [4.78, 5) is 7.05. The lowest BCUT2D eigenvalue weighted by Gasteiger charge is -2.26. The Balaban J connectivity index is 1.81. The fourth-order valence-corrected chi connectivity index (χ4v) is 3.36. The number of benzene rings is 2. The first-order valence-electron chi connectivity index (χ1n) is 6.73. The Morgan fingerprint density at radius 1 is 1.05 bits per heavy atom. The average molecular weight is 372 g/mol. The van der Waals surface area contributed by atoms with Crippen LogP contribution in [0.3, 0.4) is 0 Å². The summed E-state index contributed by atoms with van der Waals surface area (Å²) < 4.78 is 1.26. The fourth-order valence-electron chi connectivity index (χ4n) is 2.83. The maximum atomic E-state index is 4.75. The number of anilines is 1. The molecule has 0 saturated carbocycles. The number of allylic oxidation sites excluding steroid dienone is 1. The highest BCUT2D eigenvalue weighted by Crippen LogP contribution is 2.28. The van der Waals surface area contributed by atoms with Crippen molar-refractivity contribution in [1.82, 2.24) is 0 Å². The van der Waals surface area contributed by atoms with Gasteiger partial charge in [-0.05, 0) is 58.9 Å². The Kier molecular flexibility index (Phi) is 2.88. The number of nitrogens with zero attached hydrogens (tertiary/aromatic N) is 2. The zero-order valence-corrected chi connectivity index (χ0v) is 13.0. The molecule has 2 nitrogen and oxygen atoms in total. The molecule has 0 aromatic heterocycles. The van der Waals surface area contributed by atoms with Gasteiger partial charge in [-0.3, -0.25) is 0 Å². The average Bonchev–Trinajstić information content (AvgIpc) is 2.85. The molecule has 0 spiro atoms. The van der Waals surface area contributed by atoms with Gasteiger partial charge >= 0.3 is 0 Å². The van der Waals surface area contributed by atoms with Crippen LogP contribution in [0, 0.1) is 3.57 Å². The molecule has 20 heavy (non-hydrogen) atoms. The number of hydrogen-bond donors (Lipinski definition) is 0. The lowest BCUT2D eigenvalue weighted by molar-refractivity contribution is 0.905. The van der Waals surface area contributed by atoms with Crippen LogP contribution < -0.4 is 15.5 Å². The topological polar surface area (TPSA) is 15.6 Å². The third-order valence-corrected chi connectivity index (χ3v) is 4.47. The van der Waals surface area contributed by atoms with Crippen molar-refractivity contribution in [3.8, 4) is 0 Å². The van der Waals surface area contributed by atoms with Crippen molar-refractivity contribution < 1.29 is 0 Å². The molecule has 0 bridgehead atoms. The van der Waals surface area contributed by atoms with Crippen molar-refractivity contribution in [3.05, 3.63) is 74.6 Å². The normalized spacial score (nSPS) is 16.4. The van der Waals surface area contributed by atoms with Gasteiger partial charge in [-0.25, -0.2) is 4.99 Å². The second-order valence-electron chi connectivity index (χ2n) is 5.05. The largest absolute Gasteiger partial charge is 0.345 e. The summed E-state index contributed by atoms with van der Waals surface area (Å²) in [6, 6.07) is 17.0. The van der Waals surface area contributed by atoms with E-state index in [0.717, 1.165) is 24.0 Å². The number of hydrogen-bond acceptors (Lipinski definition) is 2. The van der Waals surface area contributed by atoms with Crippen molar-refractivity contribution >= 4 is 33.9 Å². The summed E-state index contributed by atoms with van der Waals surface area (Å²) in [5.74, 6) is 0. The highest BCUT2D eigenvalue weighted by molar-refractivity contribution is 14.1. The van der Waals surface area contributed by atoms with E-state index < -0.39 is 0 Å². The van der Waals surface area contributed by atoms with E-state index in [9.17, 15) is 0 Å². The van der Waals surface area contributed by atoms with Crippen LogP contribution in [0.5, 0.6) is 0 Å². The van der Waals surface area contributed by atoms with Gasteiger partial charge in [0.1, 0.15) is 0 Å². The van der Waals surface area contributed by atoms with Crippen molar-refractivity contribution in [1.29, 1.82) is 0 Å². The van der Waals surface area contributed by atoms with Crippen LogP contribution in [-0.2, 0) is 0 Å². The van der Waals surface area contributed by atoms with Gasteiger partial charge in [0.15, 0.2) is 0 Å². The predicted octanol–water partition coefficient (Wildman–Crippen LogP) is 2.83. The standard InChI is InChI=1S/C17H13IN2/c18-12-4-3-5-13(10-12)20-9-8-15-14-6-1-2-7-16(14)19-17(15)11-20/h1-7,10-11H,8-9H2. The molecule has 2 aliphatic heterocycles. The predicted molar refractivity (Wildman–Crippen MR) is 89.8 cm³/mol. The molecule has 2 aromatic carbocycles. The summed E-state index contributed by atoms with van der Waals surface area (Å²) >= 11 is 2.36. The van der Waals surface area contributed by atoms with E-state index in [1.165, 1.54) is 20.0 Å². The van der Waals surface area contributed by atoms with Gasteiger partial charge in [0.05, 0.1) is 11.1 Å². The summed E-state index contributed by atoms with van der Waals surface area (Å²) in [5, 5.41) is 2.42. The van der Waals surface area contributed by atoms with Crippen LogP contribution in [0.2, 0.25) is 0 Å². The second-order valence-corrected chi connectivity index (χ2v) is 6.29. The first-order chi connectivity index (χ1) is 9.81. The van der Waals surface area contributed by atoms with Gasteiger partial charge in [0.25, 0.3) is 0 Å². The SMILES string of the molecule is Ic1cccc(N2C=C3N=c4ccccc4=C3CC2)c1. The maximum absolute atomic E-state index is 4.75. The van der Waals surface area contributed by atoms with E-state index in [2.05, 4.69) is 82.2 Å². The molecule has 0 radical (unpaired) electrons. The van der Waals surface area contributed by atoms with E-state index in [1.54, 1.807) is 0 Å². The lowest BCUT2D eigenvalue weighted by atomic mass is 10.0. The zero-order chi connectivity index (χ0) is 13.5. The second kappa shape index (κ2) is 4.74. The van der Waals surface area contributed by atoms with Crippen LogP contribution in [0.4, 0.5) is 5.69 Å². The zero-order valence-electron chi connectivity index (χ0n) is 10.9. The van der Waals surface area contributed by atoms with Gasteiger partial charge in [0, 0.05) is 27.2 Å². The molecule has 0 N–H and O–H groups in total. The van der Waals surface area contributed by atoms with Crippen LogP contribution >= 0.6 is 22.6 Å². The lowest BCUT2D eigenvalue weighted by Crippen LogP contribution is -2.26. The van der Waals surface area contributed by atoms with Crippen molar-refractivity contribution in [2.75, 3.05) is 11.4 Å². The quantitative estimate of drug-likeness (QED) is 0.703. The summed E-state index contributed by atoms with van der Waals surface area (Å²) in [5.41, 5.74) is 3.76. The van der Waals surface area contributed by atoms with Crippen molar-refractivity contribution in [3.63, 3.8) is 0 Å². The Labute approximate surface area is 131 Å². The first-order valence-corrected chi connectivity index (χ1v) is 7.80. The molecule has 2 aromatic rings. The van der Waals surface area contributed by atoms with Gasteiger partial charge in [-0.15, -0.1) is 0 Å². The van der Waals surface area contributed by atoms with E-state index in [-0.39, 0.29) is 0 Å². The molecule has 4 rings (SSSR count). The molecule has 2 heterocycles. The molecule has 2 aliphatic rings. The minimum Gasteiger partial charge on any atom is -0.345 e. The number of para-hydroxylation sites is 1. The van der Waals surface area contributed by atoms with Crippen LogP contribution in [-0.4, -0.2) is 6.54 Å². The summed E-state index contributed by atoms with van der Waals surface area (Å²) in [6.45, 7) is 1.02. The minimum atomic E-state index is 1.02. The number of rotatable bonds is 1. The van der Waals surface area contributed by atoms with Gasteiger partial charge in [0.2, 0.25) is 0 Å². The Morgan fingerprint density at radius 2 is 1.95 bits per heavy atom. The van der Waals surface area contributed by atoms with Gasteiger partial charge in [-0.2, -0.15) is 0 Å². The highest BCUT2D eigenvalue weighted by atomic mass is 127. The van der Waals surface area contributed by atoms with Crippen molar-refractivity contribution in [2.45, 2.75) is 6.42 Å². The van der Waals surface area contributed by atoms with Crippen molar-refractivity contribution in [2.24, 2.45) is 4.99 Å². The van der Waals surface area contributed by atoms with Crippen LogP contribution in [0.15, 0.2) is 65.4 Å². The molecule has 3 heteroatoms. The van der Waals surface area contributed by atoms with Gasteiger partial charge < -0.3 is 4.90 Å². The maximum Gasteiger partial charge on any atom is 0.0838 e. The number of fused-ring (bicyclic) bond motifs is 2. The van der Waals surface area contributed by atoms with E-state index >= 15 is 0 Å². The third-order valence-electron chi connectivity index (χ3n) is 3.80. The molecule has 0 atom stereocenters. The third kappa shape index (κ3) is 1.97. The van der Waals surface area contributed by atoms with E-state index in [0.29, 0.717) is 0 Å². The highest BCUT2D eigenvalue weighted by Gasteiger charge is 2.20. The molecule has 0 fully saturated rings. The first kappa shape index (κ1) is 12.1. The summed E-state index contributed by atoms with van der Waals surface area (Å²) in [7, 11) is 0. The fraction of sp³-hybridized carbons (Fsp3) is 0.118. The summed E-state index contributed by atoms with van der Waals surface area (Å²) in [6.07, 6.45) is 3.24. The minimum absolute atomic E-state index is 1.02. The Morgan fingerprint density at radius 3 is 2.85 bits per heavy atom. The molecular weight excluding hydrogens is 359 g/mol. The molecule has 0 saturated heterocycles. The molecule has 0 unspecified atom stereocenters. The van der Waals surface area contributed by atoms with Crippen LogP contribution in [0.25, 0.3) is 5.57 Å². The molecule has 0 amide bonds. The van der Waals surface area contributed by atoms with E-state index in [4.69, 9.17) is 4.99 Å². The van der Waals surface area contributed by atoms with Crippen LogP contribution in [0.1, 0.15) is 6.42 Å². The Bertz CT molecular complexity index is 836. The Hall–Kier alpha value is -1.62. The smallest absolute Gasteiger partial charge is 0.0838 e. The van der Waals surface area contributed by atoms with E-state index in [1.807, 2.05) is 0 Å². The molecular formula is C17H13IN2.